The molecule has 1 fully saturated rings. The molecular formula is C22H29N3O2. The van der Waals surface area contributed by atoms with Crippen LogP contribution in [-0.2, 0) is 5.41 Å². The molecule has 0 saturated carbocycles. The molecule has 5 heteroatoms. The van der Waals surface area contributed by atoms with Crippen molar-refractivity contribution in [1.82, 2.24) is 15.0 Å². The third kappa shape index (κ3) is 2.98. The molecule has 2 aliphatic heterocycles. The number of benzene rings is 1. The Hall–Kier alpha value is -2.14. The monoisotopic (exact) mass is 367 g/mol. The maximum Gasteiger partial charge on any atom is 0.259 e. The van der Waals surface area contributed by atoms with E-state index in [1.807, 2.05) is 25.7 Å². The van der Waals surface area contributed by atoms with Gasteiger partial charge in [0.15, 0.2) is 5.76 Å². The zero-order valence-electron chi connectivity index (χ0n) is 17.0. The van der Waals surface area contributed by atoms with E-state index in [1.165, 1.54) is 11.1 Å². The predicted octanol–water partition coefficient (Wildman–Crippen LogP) is 3.90. The van der Waals surface area contributed by atoms with Crippen molar-refractivity contribution in [1.29, 1.82) is 0 Å². The van der Waals surface area contributed by atoms with E-state index in [4.69, 9.17) is 4.52 Å². The maximum absolute atomic E-state index is 13.3. The predicted molar refractivity (Wildman–Crippen MR) is 105 cm³/mol. The number of hydrogen-bond acceptors (Lipinski definition) is 4. The quantitative estimate of drug-likeness (QED) is 0.808. The summed E-state index contributed by atoms with van der Waals surface area (Å²) in [6.45, 7) is 13.9. The minimum atomic E-state index is 0.0550. The zero-order chi connectivity index (χ0) is 19.3. The standard InChI is InChI=1S/C22H29N3O2/c1-14(2)20-19(15(3)23-27-20)21(26)24-10-11-25-13-22(4,5)17-9-7-6-8-16(17)18(25)12-24/h6-9,14,18H,10-13H2,1-5H3. The molecule has 1 aromatic carbocycles. The van der Waals surface area contributed by atoms with Crippen molar-refractivity contribution >= 4 is 5.91 Å². The maximum atomic E-state index is 13.3. The Morgan fingerprint density at radius 1 is 1.26 bits per heavy atom. The van der Waals surface area contributed by atoms with Crippen LogP contribution in [0.3, 0.4) is 0 Å². The van der Waals surface area contributed by atoms with Gasteiger partial charge in [-0.15, -0.1) is 0 Å². The van der Waals surface area contributed by atoms with Gasteiger partial charge in [-0.05, 0) is 18.1 Å². The van der Waals surface area contributed by atoms with Gasteiger partial charge in [-0.3, -0.25) is 9.69 Å². The molecule has 1 unspecified atom stereocenters. The lowest BCUT2D eigenvalue weighted by Crippen LogP contribution is -2.56. The van der Waals surface area contributed by atoms with Crippen LogP contribution < -0.4 is 0 Å². The van der Waals surface area contributed by atoms with Crippen molar-refractivity contribution in [2.24, 2.45) is 0 Å². The number of fused-ring (bicyclic) bond motifs is 3. The third-order valence-corrected chi connectivity index (χ3v) is 6.05. The Morgan fingerprint density at radius 2 is 2.00 bits per heavy atom. The van der Waals surface area contributed by atoms with Crippen LogP contribution in [0.4, 0.5) is 0 Å². The van der Waals surface area contributed by atoms with Gasteiger partial charge in [-0.2, -0.15) is 0 Å². The third-order valence-electron chi connectivity index (χ3n) is 6.05. The molecule has 0 spiro atoms. The van der Waals surface area contributed by atoms with Gasteiger partial charge < -0.3 is 9.42 Å². The van der Waals surface area contributed by atoms with Crippen LogP contribution in [-0.4, -0.2) is 47.0 Å². The molecule has 27 heavy (non-hydrogen) atoms. The van der Waals surface area contributed by atoms with Gasteiger partial charge in [0.1, 0.15) is 5.56 Å². The van der Waals surface area contributed by atoms with Gasteiger partial charge in [0.05, 0.1) is 11.7 Å². The molecule has 0 aliphatic carbocycles. The largest absolute Gasteiger partial charge is 0.360 e. The molecule has 0 bridgehead atoms. The first-order valence-corrected chi connectivity index (χ1v) is 9.88. The summed E-state index contributed by atoms with van der Waals surface area (Å²) in [4.78, 5) is 17.9. The molecular weight excluding hydrogens is 338 g/mol. The molecule has 1 amide bonds. The van der Waals surface area contributed by atoms with Crippen molar-refractivity contribution < 1.29 is 9.32 Å². The second kappa shape index (κ2) is 6.48. The summed E-state index contributed by atoms with van der Waals surface area (Å²) in [7, 11) is 0. The lowest BCUT2D eigenvalue weighted by Gasteiger charge is -2.50. The lowest BCUT2D eigenvalue weighted by atomic mass is 9.75. The molecule has 4 rings (SSSR count). The van der Waals surface area contributed by atoms with E-state index in [2.05, 4.69) is 48.2 Å². The van der Waals surface area contributed by atoms with Crippen LogP contribution in [0.2, 0.25) is 0 Å². The van der Waals surface area contributed by atoms with Gasteiger partial charge in [0, 0.05) is 37.5 Å². The second-order valence-corrected chi connectivity index (χ2v) is 8.87. The summed E-state index contributed by atoms with van der Waals surface area (Å²) >= 11 is 0. The van der Waals surface area contributed by atoms with Crippen LogP contribution in [0.1, 0.15) is 72.6 Å². The average molecular weight is 367 g/mol. The van der Waals surface area contributed by atoms with E-state index in [-0.39, 0.29) is 23.3 Å². The minimum absolute atomic E-state index is 0.0550. The minimum Gasteiger partial charge on any atom is -0.360 e. The van der Waals surface area contributed by atoms with Crippen molar-refractivity contribution in [3.05, 3.63) is 52.4 Å². The smallest absolute Gasteiger partial charge is 0.259 e. The van der Waals surface area contributed by atoms with Crippen molar-refractivity contribution in [3.63, 3.8) is 0 Å². The number of amides is 1. The van der Waals surface area contributed by atoms with E-state index in [1.54, 1.807) is 0 Å². The summed E-state index contributed by atoms with van der Waals surface area (Å²) in [6.07, 6.45) is 0. The Labute approximate surface area is 161 Å². The summed E-state index contributed by atoms with van der Waals surface area (Å²) in [5.41, 5.74) is 4.25. The summed E-state index contributed by atoms with van der Waals surface area (Å²) in [6, 6.07) is 8.97. The van der Waals surface area contributed by atoms with Crippen molar-refractivity contribution in [3.8, 4) is 0 Å². The molecule has 1 aromatic heterocycles. The van der Waals surface area contributed by atoms with E-state index in [0.29, 0.717) is 23.6 Å². The molecule has 2 aliphatic rings. The van der Waals surface area contributed by atoms with Gasteiger partial charge >= 0.3 is 0 Å². The second-order valence-electron chi connectivity index (χ2n) is 8.87. The zero-order valence-corrected chi connectivity index (χ0v) is 17.0. The van der Waals surface area contributed by atoms with Crippen LogP contribution in [0, 0.1) is 6.92 Å². The first-order valence-electron chi connectivity index (χ1n) is 9.88. The number of carbonyl (C=O) groups excluding carboxylic acids is 1. The lowest BCUT2D eigenvalue weighted by molar-refractivity contribution is 0.0357. The number of aromatic nitrogens is 1. The highest BCUT2D eigenvalue weighted by Gasteiger charge is 2.41. The molecule has 1 atom stereocenters. The normalized spacial score (nSPS) is 21.9. The molecule has 2 aromatic rings. The highest BCUT2D eigenvalue weighted by Crippen LogP contribution is 2.41. The number of rotatable bonds is 2. The molecule has 3 heterocycles. The number of piperazine rings is 1. The summed E-state index contributed by atoms with van der Waals surface area (Å²) in [5, 5.41) is 4.06. The molecule has 0 radical (unpaired) electrons. The van der Waals surface area contributed by atoms with Crippen LogP contribution in [0.25, 0.3) is 0 Å². The fourth-order valence-electron chi connectivity index (χ4n) is 4.69. The fraction of sp³-hybridized carbons (Fsp3) is 0.545. The van der Waals surface area contributed by atoms with Gasteiger partial charge in [0.2, 0.25) is 0 Å². The van der Waals surface area contributed by atoms with Crippen LogP contribution in [0.5, 0.6) is 0 Å². The summed E-state index contributed by atoms with van der Waals surface area (Å²) in [5.74, 6) is 0.896. The Balaban J connectivity index is 1.65. The first kappa shape index (κ1) is 18.2. The highest BCUT2D eigenvalue weighted by atomic mass is 16.5. The Kier molecular flexibility index (Phi) is 4.38. The van der Waals surface area contributed by atoms with Crippen LogP contribution in [0.15, 0.2) is 28.8 Å². The van der Waals surface area contributed by atoms with E-state index in [9.17, 15) is 4.79 Å². The van der Waals surface area contributed by atoms with E-state index in [0.717, 1.165) is 19.6 Å². The van der Waals surface area contributed by atoms with Gasteiger partial charge in [-0.1, -0.05) is 57.1 Å². The number of nitrogens with zero attached hydrogens (tertiary/aromatic N) is 3. The first-order chi connectivity index (χ1) is 12.8. The van der Waals surface area contributed by atoms with Crippen molar-refractivity contribution in [2.75, 3.05) is 26.2 Å². The van der Waals surface area contributed by atoms with Crippen LogP contribution >= 0.6 is 0 Å². The number of hydrogen-bond donors (Lipinski definition) is 0. The Morgan fingerprint density at radius 3 is 2.74 bits per heavy atom. The van der Waals surface area contributed by atoms with E-state index < -0.39 is 0 Å². The van der Waals surface area contributed by atoms with Crippen molar-refractivity contribution in [2.45, 2.75) is 52.0 Å². The van der Waals surface area contributed by atoms with Gasteiger partial charge in [0.25, 0.3) is 5.91 Å². The average Bonchev–Trinajstić information content (AvgIpc) is 3.02. The summed E-state index contributed by atoms with van der Waals surface area (Å²) < 4.78 is 5.45. The molecule has 0 N–H and O–H groups in total. The fourth-order valence-corrected chi connectivity index (χ4v) is 4.69. The molecule has 144 valence electrons. The SMILES string of the molecule is Cc1noc(C(C)C)c1C(=O)N1CCN2CC(C)(C)c3ccccc3C2C1. The number of carbonyl (C=O) groups is 1. The highest BCUT2D eigenvalue weighted by molar-refractivity contribution is 5.96. The van der Waals surface area contributed by atoms with Gasteiger partial charge in [-0.25, -0.2) is 0 Å². The molecule has 5 nitrogen and oxygen atoms in total. The Bertz CT molecular complexity index is 868. The molecule has 1 saturated heterocycles. The number of aryl methyl sites for hydroxylation is 1. The van der Waals surface area contributed by atoms with E-state index >= 15 is 0 Å². The topological polar surface area (TPSA) is 49.6 Å².